The molecule has 2 rings (SSSR count). The van der Waals surface area contributed by atoms with Crippen LogP contribution in [0, 0.1) is 0 Å². The molecule has 1 N–H and O–H groups in total. The van der Waals surface area contributed by atoms with Gasteiger partial charge in [0.1, 0.15) is 12.6 Å². The summed E-state index contributed by atoms with van der Waals surface area (Å²) in [7, 11) is -1.21. The minimum Gasteiger partial charge on any atom is -0.352 e. The lowest BCUT2D eigenvalue weighted by molar-refractivity contribution is -0.139. The molecule has 0 aliphatic heterocycles. The summed E-state index contributed by atoms with van der Waals surface area (Å²) in [5.74, 6) is -0.906. The third-order valence-corrected chi connectivity index (χ3v) is 7.56. The maximum Gasteiger partial charge on any atom is 0.304 e. The van der Waals surface area contributed by atoms with Gasteiger partial charge >= 0.3 is 10.2 Å². The first-order chi connectivity index (χ1) is 15.8. The van der Waals surface area contributed by atoms with Gasteiger partial charge in [-0.25, -0.2) is 4.31 Å². The van der Waals surface area contributed by atoms with Crippen molar-refractivity contribution in [3.05, 3.63) is 64.1 Å². The normalized spacial score (nSPS) is 12.5. The van der Waals surface area contributed by atoms with Crippen molar-refractivity contribution in [2.75, 3.05) is 24.9 Å². The van der Waals surface area contributed by atoms with Crippen LogP contribution in [0.15, 0.2) is 48.5 Å². The molecule has 0 radical (unpaired) electrons. The highest BCUT2D eigenvalue weighted by Crippen LogP contribution is 2.24. The maximum atomic E-state index is 13.5. The van der Waals surface area contributed by atoms with Gasteiger partial charge in [0.2, 0.25) is 11.8 Å². The summed E-state index contributed by atoms with van der Waals surface area (Å²) in [5, 5.41) is 3.47. The zero-order valence-corrected chi connectivity index (χ0v) is 22.2. The van der Waals surface area contributed by atoms with E-state index in [9.17, 15) is 18.0 Å². The number of carbonyl (C=O) groups is 2. The first-order valence-corrected chi connectivity index (χ1v) is 12.8. The van der Waals surface area contributed by atoms with Crippen molar-refractivity contribution in [1.29, 1.82) is 0 Å². The molecular formula is C23H30Cl2N4O4S. The van der Waals surface area contributed by atoms with E-state index in [1.54, 1.807) is 55.5 Å². The molecule has 0 aliphatic rings. The number of nitrogens with zero attached hydrogens (tertiary/aromatic N) is 3. The Hall–Kier alpha value is -2.33. The quantitative estimate of drug-likeness (QED) is 0.510. The fraction of sp³-hybridized carbons (Fsp3) is 0.391. The number of hydrogen-bond donors (Lipinski definition) is 1. The lowest BCUT2D eigenvalue weighted by atomic mass is 10.1. The lowest BCUT2D eigenvalue weighted by Gasteiger charge is -2.33. The van der Waals surface area contributed by atoms with Crippen molar-refractivity contribution < 1.29 is 18.0 Å². The number of benzene rings is 2. The first-order valence-electron chi connectivity index (χ1n) is 10.6. The molecule has 0 aromatic heterocycles. The number of anilines is 1. The second-order valence-electron chi connectivity index (χ2n) is 8.24. The van der Waals surface area contributed by atoms with Crippen molar-refractivity contribution in [1.82, 2.24) is 14.5 Å². The van der Waals surface area contributed by atoms with Crippen LogP contribution in [0.5, 0.6) is 0 Å². The van der Waals surface area contributed by atoms with Crippen LogP contribution < -0.4 is 9.62 Å². The molecule has 0 saturated heterocycles. The molecule has 1 atom stereocenters. The van der Waals surface area contributed by atoms with Crippen LogP contribution >= 0.6 is 23.2 Å². The molecule has 0 bridgehead atoms. The Morgan fingerprint density at radius 1 is 0.971 bits per heavy atom. The second-order valence-corrected chi connectivity index (χ2v) is 11.1. The van der Waals surface area contributed by atoms with Crippen LogP contribution in [-0.2, 0) is 26.3 Å². The largest absolute Gasteiger partial charge is 0.352 e. The molecule has 11 heteroatoms. The SMILES string of the molecule is CC(C)NC(=O)[C@@H](C)N(Cc1ccc(Cl)c(Cl)c1)C(=O)CN(c1ccccc1)S(=O)(=O)N(C)C. The third kappa shape index (κ3) is 7.09. The average Bonchev–Trinajstić information content (AvgIpc) is 2.77. The number of para-hydroxylation sites is 1. The van der Waals surface area contributed by atoms with Gasteiger partial charge in [-0.3, -0.25) is 9.59 Å². The molecule has 0 unspecified atom stereocenters. The first kappa shape index (κ1) is 27.9. The third-order valence-electron chi connectivity index (χ3n) is 5.00. The second kappa shape index (κ2) is 11.9. The lowest BCUT2D eigenvalue weighted by Crippen LogP contribution is -2.53. The zero-order chi connectivity index (χ0) is 25.6. The molecule has 0 fully saturated rings. The summed E-state index contributed by atoms with van der Waals surface area (Å²) in [6, 6.07) is 12.2. The van der Waals surface area contributed by atoms with Gasteiger partial charge in [0.05, 0.1) is 15.7 Å². The molecule has 8 nitrogen and oxygen atoms in total. The number of nitrogens with one attached hydrogen (secondary N) is 1. The smallest absolute Gasteiger partial charge is 0.304 e. The zero-order valence-electron chi connectivity index (χ0n) is 19.8. The summed E-state index contributed by atoms with van der Waals surface area (Å²) in [6.07, 6.45) is 0. The van der Waals surface area contributed by atoms with E-state index < -0.39 is 28.7 Å². The standard InChI is InChI=1S/C23H30Cl2N4O4S/c1-16(2)26-23(31)17(3)28(14-18-11-12-20(24)21(25)13-18)22(30)15-29(34(32,33)27(4)5)19-9-7-6-8-10-19/h6-13,16-17H,14-15H2,1-5H3,(H,26,31)/t17-/m1/s1. The Bertz CT molecular complexity index is 1110. The molecule has 0 heterocycles. The predicted molar refractivity (Wildman–Crippen MR) is 136 cm³/mol. The number of rotatable bonds is 10. The van der Waals surface area contributed by atoms with E-state index in [0.717, 1.165) is 8.61 Å². The van der Waals surface area contributed by atoms with Crippen LogP contribution in [0.2, 0.25) is 10.0 Å². The number of hydrogen-bond acceptors (Lipinski definition) is 4. The monoisotopic (exact) mass is 528 g/mol. The molecule has 2 amide bonds. The van der Waals surface area contributed by atoms with E-state index in [0.29, 0.717) is 21.3 Å². The van der Waals surface area contributed by atoms with Crippen molar-refractivity contribution in [3.63, 3.8) is 0 Å². The Morgan fingerprint density at radius 2 is 1.59 bits per heavy atom. The Morgan fingerprint density at radius 3 is 2.12 bits per heavy atom. The Labute approximate surface area is 211 Å². The fourth-order valence-electron chi connectivity index (χ4n) is 3.13. The molecule has 0 aliphatic carbocycles. The van der Waals surface area contributed by atoms with Crippen molar-refractivity contribution in [3.8, 4) is 0 Å². The van der Waals surface area contributed by atoms with Crippen molar-refractivity contribution >= 4 is 50.9 Å². The van der Waals surface area contributed by atoms with Crippen molar-refractivity contribution in [2.45, 2.75) is 39.4 Å². The minimum atomic E-state index is -3.99. The van der Waals surface area contributed by atoms with E-state index in [4.69, 9.17) is 23.2 Å². The summed E-state index contributed by atoms with van der Waals surface area (Å²) < 4.78 is 28.1. The van der Waals surface area contributed by atoms with Gasteiger partial charge in [0.15, 0.2) is 0 Å². The van der Waals surface area contributed by atoms with Crippen LogP contribution in [0.4, 0.5) is 5.69 Å². The van der Waals surface area contributed by atoms with Crippen molar-refractivity contribution in [2.24, 2.45) is 0 Å². The van der Waals surface area contributed by atoms with Gasteiger partial charge in [-0.15, -0.1) is 0 Å². The molecule has 0 spiro atoms. The minimum absolute atomic E-state index is 0.0348. The molecule has 2 aromatic rings. The van der Waals surface area contributed by atoms with Crippen LogP contribution in [-0.4, -0.2) is 62.2 Å². The molecular weight excluding hydrogens is 499 g/mol. The molecule has 2 aromatic carbocycles. The topological polar surface area (TPSA) is 90.0 Å². The van der Waals surface area contributed by atoms with Gasteiger partial charge in [-0.2, -0.15) is 12.7 Å². The highest BCUT2D eigenvalue weighted by molar-refractivity contribution is 7.90. The van der Waals surface area contributed by atoms with Gasteiger partial charge in [-0.1, -0.05) is 47.5 Å². The maximum absolute atomic E-state index is 13.5. The predicted octanol–water partition coefficient (Wildman–Crippen LogP) is 3.55. The highest BCUT2D eigenvalue weighted by atomic mass is 35.5. The Balaban J connectivity index is 2.45. The Kier molecular flexibility index (Phi) is 9.75. The van der Waals surface area contributed by atoms with Gasteiger partial charge < -0.3 is 10.2 Å². The van der Waals surface area contributed by atoms with Crippen LogP contribution in [0.25, 0.3) is 0 Å². The van der Waals surface area contributed by atoms with Crippen LogP contribution in [0.3, 0.4) is 0 Å². The van der Waals surface area contributed by atoms with Gasteiger partial charge in [0, 0.05) is 26.7 Å². The number of amides is 2. The molecule has 186 valence electrons. The van der Waals surface area contributed by atoms with Crippen LogP contribution in [0.1, 0.15) is 26.3 Å². The summed E-state index contributed by atoms with van der Waals surface area (Å²) in [6.45, 7) is 4.77. The highest BCUT2D eigenvalue weighted by Gasteiger charge is 2.32. The summed E-state index contributed by atoms with van der Waals surface area (Å²) >= 11 is 12.2. The van der Waals surface area contributed by atoms with E-state index in [1.165, 1.54) is 19.0 Å². The average molecular weight is 529 g/mol. The van der Waals surface area contributed by atoms with E-state index in [-0.39, 0.29) is 18.5 Å². The fourth-order valence-corrected chi connectivity index (χ4v) is 4.51. The van der Waals surface area contributed by atoms with E-state index in [2.05, 4.69) is 5.32 Å². The number of carbonyl (C=O) groups excluding carboxylic acids is 2. The summed E-state index contributed by atoms with van der Waals surface area (Å²) in [4.78, 5) is 27.7. The van der Waals surface area contributed by atoms with E-state index >= 15 is 0 Å². The van der Waals surface area contributed by atoms with Gasteiger partial charge in [0.25, 0.3) is 0 Å². The molecule has 34 heavy (non-hydrogen) atoms. The van der Waals surface area contributed by atoms with E-state index in [1.807, 2.05) is 13.8 Å². The summed E-state index contributed by atoms with van der Waals surface area (Å²) in [5.41, 5.74) is 0.979. The molecule has 0 saturated carbocycles. The number of halogens is 2. The van der Waals surface area contributed by atoms with Gasteiger partial charge in [-0.05, 0) is 50.6 Å².